The highest BCUT2D eigenvalue weighted by Crippen LogP contribution is 2.30. The molecule has 2 amide bonds. The number of hydrogen-bond acceptors (Lipinski definition) is 5. The molecule has 4 rings (SSSR count). The summed E-state index contributed by atoms with van der Waals surface area (Å²) in [6.45, 7) is 4.86. The van der Waals surface area contributed by atoms with Crippen molar-refractivity contribution >= 4 is 11.8 Å². The lowest BCUT2D eigenvalue weighted by Crippen LogP contribution is -2.41. The van der Waals surface area contributed by atoms with E-state index < -0.39 is 0 Å². The fraction of sp³-hybridized carbons (Fsp3) is 0.478. The molecule has 7 nitrogen and oxygen atoms in total. The molecule has 0 saturated carbocycles. The second-order valence-corrected chi connectivity index (χ2v) is 7.89. The van der Waals surface area contributed by atoms with E-state index in [1.54, 1.807) is 11.1 Å². The van der Waals surface area contributed by atoms with Crippen LogP contribution in [0.5, 0.6) is 0 Å². The Bertz CT molecular complexity index is 897. The predicted octanol–water partition coefficient (Wildman–Crippen LogP) is 2.55. The first-order chi connectivity index (χ1) is 14.6. The molecule has 3 heterocycles. The quantitative estimate of drug-likeness (QED) is 0.777. The Morgan fingerprint density at radius 2 is 1.87 bits per heavy atom. The Kier molecular flexibility index (Phi) is 6.38. The van der Waals surface area contributed by atoms with Crippen LogP contribution >= 0.6 is 0 Å². The molecule has 0 N–H and O–H groups in total. The number of aryl methyl sites for hydroxylation is 1. The number of rotatable bonds is 4. The molecule has 0 aliphatic carbocycles. The number of hydrogen-bond donors (Lipinski definition) is 0. The van der Waals surface area contributed by atoms with Gasteiger partial charge in [0.2, 0.25) is 5.91 Å². The van der Waals surface area contributed by atoms with Gasteiger partial charge in [-0.25, -0.2) is 9.97 Å². The van der Waals surface area contributed by atoms with E-state index in [1.165, 1.54) is 0 Å². The van der Waals surface area contributed by atoms with E-state index in [9.17, 15) is 9.59 Å². The highest BCUT2D eigenvalue weighted by atomic mass is 16.5. The molecule has 0 radical (unpaired) electrons. The van der Waals surface area contributed by atoms with E-state index in [0.717, 1.165) is 24.8 Å². The van der Waals surface area contributed by atoms with Gasteiger partial charge in [0.1, 0.15) is 0 Å². The first kappa shape index (κ1) is 20.5. The number of benzene rings is 1. The Morgan fingerprint density at radius 1 is 1.10 bits per heavy atom. The zero-order valence-electron chi connectivity index (χ0n) is 17.4. The maximum absolute atomic E-state index is 13.0. The first-order valence-corrected chi connectivity index (χ1v) is 10.7. The standard InChI is InChI=1S/C23H28N4O3/c1-17-19(23(29)26-11-13-30-14-12-26)16-24-22(25-17)20-9-5-6-10-27(20)21(28)15-18-7-3-2-4-8-18/h2-4,7-8,16,20H,5-6,9-15H2,1H3. The van der Waals surface area contributed by atoms with Crippen LogP contribution in [0.3, 0.4) is 0 Å². The fourth-order valence-corrected chi connectivity index (χ4v) is 4.16. The van der Waals surface area contributed by atoms with Crippen molar-refractivity contribution in [3.8, 4) is 0 Å². The topological polar surface area (TPSA) is 75.6 Å². The highest BCUT2D eigenvalue weighted by molar-refractivity contribution is 5.95. The molecule has 158 valence electrons. The second-order valence-electron chi connectivity index (χ2n) is 7.89. The van der Waals surface area contributed by atoms with Crippen molar-refractivity contribution in [2.24, 2.45) is 0 Å². The van der Waals surface area contributed by atoms with E-state index >= 15 is 0 Å². The summed E-state index contributed by atoms with van der Waals surface area (Å²) in [5.41, 5.74) is 2.20. The van der Waals surface area contributed by atoms with Gasteiger partial charge in [0.25, 0.3) is 5.91 Å². The van der Waals surface area contributed by atoms with Gasteiger partial charge >= 0.3 is 0 Å². The van der Waals surface area contributed by atoms with Crippen LogP contribution in [-0.2, 0) is 16.0 Å². The molecule has 2 aromatic rings. The van der Waals surface area contributed by atoms with Gasteiger partial charge in [0.05, 0.1) is 36.9 Å². The van der Waals surface area contributed by atoms with Gasteiger partial charge in [-0.05, 0) is 31.7 Å². The number of carbonyl (C=O) groups is 2. The summed E-state index contributed by atoms with van der Waals surface area (Å²) in [6.07, 6.45) is 4.88. The molecule has 1 aromatic carbocycles. The van der Waals surface area contributed by atoms with E-state index in [4.69, 9.17) is 4.74 Å². The fourth-order valence-electron chi connectivity index (χ4n) is 4.16. The van der Waals surface area contributed by atoms with Crippen molar-refractivity contribution in [1.29, 1.82) is 0 Å². The number of piperidine rings is 1. The average molecular weight is 409 g/mol. The summed E-state index contributed by atoms with van der Waals surface area (Å²) in [4.78, 5) is 38.7. The molecular weight excluding hydrogens is 380 g/mol. The van der Waals surface area contributed by atoms with Crippen molar-refractivity contribution in [3.63, 3.8) is 0 Å². The second kappa shape index (κ2) is 9.34. The van der Waals surface area contributed by atoms with Gasteiger partial charge in [-0.1, -0.05) is 30.3 Å². The van der Waals surface area contributed by atoms with Crippen molar-refractivity contribution in [2.75, 3.05) is 32.8 Å². The van der Waals surface area contributed by atoms with Crippen LogP contribution in [0.4, 0.5) is 0 Å². The van der Waals surface area contributed by atoms with Crippen LogP contribution in [0.15, 0.2) is 36.5 Å². The minimum atomic E-state index is -0.138. The zero-order valence-corrected chi connectivity index (χ0v) is 17.4. The molecule has 2 aliphatic heterocycles. The van der Waals surface area contributed by atoms with Gasteiger partial charge in [0, 0.05) is 25.8 Å². The summed E-state index contributed by atoms with van der Waals surface area (Å²) in [5.74, 6) is 0.677. The lowest BCUT2D eigenvalue weighted by atomic mass is 9.99. The third-order valence-electron chi connectivity index (χ3n) is 5.85. The van der Waals surface area contributed by atoms with Crippen molar-refractivity contribution in [2.45, 2.75) is 38.6 Å². The Morgan fingerprint density at radius 3 is 2.60 bits per heavy atom. The molecule has 2 saturated heterocycles. The van der Waals surface area contributed by atoms with E-state index in [0.29, 0.717) is 56.4 Å². The molecule has 0 bridgehead atoms. The highest BCUT2D eigenvalue weighted by Gasteiger charge is 2.31. The third-order valence-corrected chi connectivity index (χ3v) is 5.85. The number of likely N-dealkylation sites (tertiary alicyclic amines) is 1. The molecular formula is C23H28N4O3. The van der Waals surface area contributed by atoms with Crippen molar-refractivity contribution < 1.29 is 14.3 Å². The number of morpholine rings is 1. The Balaban J connectivity index is 1.51. The molecule has 2 aliphatic rings. The normalized spacial score (nSPS) is 19.6. The van der Waals surface area contributed by atoms with E-state index in [2.05, 4.69) is 9.97 Å². The zero-order chi connectivity index (χ0) is 20.9. The predicted molar refractivity (Wildman–Crippen MR) is 112 cm³/mol. The Labute approximate surface area is 177 Å². The molecule has 1 atom stereocenters. The van der Waals surface area contributed by atoms with Crippen LogP contribution in [-0.4, -0.2) is 64.4 Å². The number of carbonyl (C=O) groups excluding carboxylic acids is 2. The molecule has 30 heavy (non-hydrogen) atoms. The van der Waals surface area contributed by atoms with Crippen LogP contribution in [0, 0.1) is 6.92 Å². The smallest absolute Gasteiger partial charge is 0.257 e. The summed E-state index contributed by atoms with van der Waals surface area (Å²) < 4.78 is 5.33. The molecule has 1 unspecified atom stereocenters. The summed E-state index contributed by atoms with van der Waals surface area (Å²) >= 11 is 0. The van der Waals surface area contributed by atoms with Crippen molar-refractivity contribution in [1.82, 2.24) is 19.8 Å². The molecule has 0 spiro atoms. The summed E-state index contributed by atoms with van der Waals surface area (Å²) in [7, 11) is 0. The molecule has 2 fully saturated rings. The number of aromatic nitrogens is 2. The van der Waals surface area contributed by atoms with Gasteiger partial charge in [-0.3, -0.25) is 9.59 Å². The summed E-state index contributed by atoms with van der Waals surface area (Å²) in [5, 5.41) is 0. The minimum Gasteiger partial charge on any atom is -0.378 e. The SMILES string of the molecule is Cc1nc(C2CCCCN2C(=O)Cc2ccccc2)ncc1C(=O)N1CCOCC1. The monoisotopic (exact) mass is 408 g/mol. The third kappa shape index (κ3) is 4.51. The average Bonchev–Trinajstić information content (AvgIpc) is 2.80. The number of amides is 2. The Hall–Kier alpha value is -2.80. The maximum Gasteiger partial charge on any atom is 0.257 e. The maximum atomic E-state index is 13.0. The first-order valence-electron chi connectivity index (χ1n) is 10.7. The van der Waals surface area contributed by atoms with E-state index in [1.807, 2.05) is 42.2 Å². The van der Waals surface area contributed by atoms with Crippen LogP contribution < -0.4 is 0 Å². The lowest BCUT2D eigenvalue weighted by molar-refractivity contribution is -0.134. The van der Waals surface area contributed by atoms with Gasteiger partial charge < -0.3 is 14.5 Å². The number of nitrogens with zero attached hydrogens (tertiary/aromatic N) is 4. The summed E-state index contributed by atoms with van der Waals surface area (Å²) in [6, 6.07) is 9.67. The van der Waals surface area contributed by atoms with Gasteiger partial charge in [0.15, 0.2) is 5.82 Å². The van der Waals surface area contributed by atoms with Crippen LogP contribution in [0.1, 0.15) is 52.7 Å². The minimum absolute atomic E-state index is 0.0528. The lowest BCUT2D eigenvalue weighted by Gasteiger charge is -2.35. The van der Waals surface area contributed by atoms with E-state index in [-0.39, 0.29) is 17.9 Å². The van der Waals surface area contributed by atoms with Gasteiger partial charge in [-0.15, -0.1) is 0 Å². The largest absolute Gasteiger partial charge is 0.378 e. The number of ether oxygens (including phenoxy) is 1. The molecule has 7 heteroatoms. The van der Waals surface area contributed by atoms with Gasteiger partial charge in [-0.2, -0.15) is 0 Å². The van der Waals surface area contributed by atoms with Crippen LogP contribution in [0.25, 0.3) is 0 Å². The molecule has 1 aromatic heterocycles. The van der Waals surface area contributed by atoms with Crippen LogP contribution in [0.2, 0.25) is 0 Å². The van der Waals surface area contributed by atoms with Crippen molar-refractivity contribution in [3.05, 3.63) is 59.2 Å².